The van der Waals surface area contributed by atoms with Gasteiger partial charge in [-0.2, -0.15) is 5.26 Å². The number of halogens is 1. The van der Waals surface area contributed by atoms with Crippen molar-refractivity contribution >= 4 is 11.6 Å². The lowest BCUT2D eigenvalue weighted by Crippen LogP contribution is -2.14. The molecule has 18 heavy (non-hydrogen) atoms. The van der Waals surface area contributed by atoms with E-state index in [1.54, 1.807) is 17.0 Å². The van der Waals surface area contributed by atoms with E-state index in [0.29, 0.717) is 17.4 Å². The van der Waals surface area contributed by atoms with Crippen molar-refractivity contribution in [1.29, 1.82) is 5.26 Å². The minimum Gasteiger partial charge on any atom is -0.313 e. The molecule has 0 saturated heterocycles. The number of aromatic nitrogens is 2. The van der Waals surface area contributed by atoms with Crippen molar-refractivity contribution in [2.24, 2.45) is 0 Å². The van der Waals surface area contributed by atoms with Gasteiger partial charge in [0.15, 0.2) is 0 Å². The molecule has 1 aromatic heterocycles. The number of para-hydroxylation sites is 1. The van der Waals surface area contributed by atoms with E-state index in [0.717, 1.165) is 17.8 Å². The van der Waals surface area contributed by atoms with Gasteiger partial charge >= 0.3 is 0 Å². The largest absolute Gasteiger partial charge is 0.313 e. The van der Waals surface area contributed by atoms with Gasteiger partial charge in [-0.05, 0) is 18.2 Å². The molecule has 1 aromatic carbocycles. The van der Waals surface area contributed by atoms with Crippen LogP contribution < -0.4 is 5.32 Å². The van der Waals surface area contributed by atoms with E-state index in [1.165, 1.54) is 0 Å². The van der Waals surface area contributed by atoms with Crippen LogP contribution in [0, 0.1) is 11.3 Å². The summed E-state index contributed by atoms with van der Waals surface area (Å²) in [6.45, 7) is 3.62. The zero-order chi connectivity index (χ0) is 13.0. The summed E-state index contributed by atoms with van der Waals surface area (Å²) in [5, 5.41) is 12.9. The Bertz CT molecular complexity index is 583. The molecule has 1 N–H and O–H groups in total. The molecule has 0 unspecified atom stereocenters. The first-order chi connectivity index (χ1) is 8.77. The van der Waals surface area contributed by atoms with Gasteiger partial charge in [-0.1, -0.05) is 30.7 Å². The Balaban J connectivity index is 2.52. The first-order valence-electron chi connectivity index (χ1n) is 5.69. The fourth-order valence-electron chi connectivity index (χ4n) is 1.80. The third-order valence-corrected chi connectivity index (χ3v) is 2.92. The van der Waals surface area contributed by atoms with Crippen LogP contribution in [0.25, 0.3) is 5.69 Å². The highest BCUT2D eigenvalue weighted by atomic mass is 35.5. The molecule has 0 aliphatic rings. The van der Waals surface area contributed by atoms with Gasteiger partial charge in [0, 0.05) is 18.9 Å². The van der Waals surface area contributed by atoms with Gasteiger partial charge in [-0.25, -0.2) is 4.98 Å². The van der Waals surface area contributed by atoms with E-state index in [-0.39, 0.29) is 0 Å². The van der Waals surface area contributed by atoms with E-state index in [9.17, 15) is 0 Å². The van der Waals surface area contributed by atoms with Crippen LogP contribution >= 0.6 is 11.6 Å². The molecular formula is C13H13ClN4. The number of nitrogens with one attached hydrogen (secondary N) is 1. The summed E-state index contributed by atoms with van der Waals surface area (Å²) >= 11 is 6.24. The van der Waals surface area contributed by atoms with Crippen molar-refractivity contribution < 1.29 is 0 Å². The van der Waals surface area contributed by atoms with Crippen LogP contribution in [0.5, 0.6) is 0 Å². The molecule has 0 spiro atoms. The Hall–Kier alpha value is -1.83. The van der Waals surface area contributed by atoms with E-state index < -0.39 is 0 Å². The fraction of sp³-hybridized carbons (Fsp3) is 0.231. The molecule has 0 saturated carbocycles. The minimum absolute atomic E-state index is 0.334. The molecule has 0 amide bonds. The highest BCUT2D eigenvalue weighted by Gasteiger charge is 2.12. The van der Waals surface area contributed by atoms with Gasteiger partial charge in [-0.15, -0.1) is 0 Å². The number of nitrogens with zero attached hydrogens (tertiary/aromatic N) is 3. The van der Waals surface area contributed by atoms with Gasteiger partial charge in [-0.3, -0.25) is 4.57 Å². The first-order valence-corrected chi connectivity index (χ1v) is 6.07. The Morgan fingerprint density at radius 1 is 1.50 bits per heavy atom. The van der Waals surface area contributed by atoms with Gasteiger partial charge in [0.05, 0.1) is 10.7 Å². The molecule has 2 rings (SSSR count). The summed E-state index contributed by atoms with van der Waals surface area (Å²) < 4.78 is 1.72. The second-order valence-electron chi connectivity index (χ2n) is 3.76. The van der Waals surface area contributed by atoms with Crippen molar-refractivity contribution in [3.63, 3.8) is 0 Å². The van der Waals surface area contributed by atoms with E-state index in [1.807, 2.05) is 25.1 Å². The van der Waals surface area contributed by atoms with Gasteiger partial charge in [0.2, 0.25) is 5.82 Å². The standard InChI is InChI=1S/C13H13ClN4/c1-2-16-9-10-4-3-5-11(14)13(10)18-7-6-17-12(18)8-15/h3-7,16H,2,9H2,1H3. The SMILES string of the molecule is CCNCc1cccc(Cl)c1-n1ccnc1C#N. The molecular weight excluding hydrogens is 248 g/mol. The van der Waals surface area contributed by atoms with E-state index in [4.69, 9.17) is 16.9 Å². The smallest absolute Gasteiger partial charge is 0.217 e. The summed E-state index contributed by atoms with van der Waals surface area (Å²) in [6.07, 6.45) is 3.34. The van der Waals surface area contributed by atoms with E-state index in [2.05, 4.69) is 16.4 Å². The van der Waals surface area contributed by atoms with Crippen LogP contribution in [0.1, 0.15) is 18.3 Å². The highest BCUT2D eigenvalue weighted by molar-refractivity contribution is 6.32. The molecule has 0 radical (unpaired) electrons. The predicted octanol–water partition coefficient (Wildman–Crippen LogP) is 2.51. The summed E-state index contributed by atoms with van der Waals surface area (Å²) in [5.74, 6) is 0.334. The molecule has 1 heterocycles. The average Bonchev–Trinajstić information content (AvgIpc) is 2.84. The first kappa shape index (κ1) is 12.6. The predicted molar refractivity (Wildman–Crippen MR) is 70.7 cm³/mol. The Morgan fingerprint density at radius 2 is 2.33 bits per heavy atom. The molecule has 0 atom stereocenters. The summed E-state index contributed by atoms with van der Waals surface area (Å²) in [5.41, 5.74) is 1.85. The second kappa shape index (κ2) is 5.67. The van der Waals surface area contributed by atoms with Crippen molar-refractivity contribution in [1.82, 2.24) is 14.9 Å². The number of rotatable bonds is 4. The minimum atomic E-state index is 0.334. The number of benzene rings is 1. The van der Waals surface area contributed by atoms with Crippen molar-refractivity contribution in [2.75, 3.05) is 6.54 Å². The van der Waals surface area contributed by atoms with Crippen LogP contribution in [0.15, 0.2) is 30.6 Å². The number of nitriles is 1. The maximum Gasteiger partial charge on any atom is 0.217 e. The van der Waals surface area contributed by atoms with E-state index >= 15 is 0 Å². The summed E-state index contributed by atoms with van der Waals surface area (Å²) in [6, 6.07) is 7.77. The quantitative estimate of drug-likeness (QED) is 0.919. The molecule has 4 nitrogen and oxygen atoms in total. The maximum absolute atomic E-state index is 9.03. The Kier molecular flexibility index (Phi) is 3.98. The third kappa shape index (κ3) is 2.37. The lowest BCUT2D eigenvalue weighted by molar-refractivity contribution is 0.722. The van der Waals surface area contributed by atoms with Gasteiger partial charge < -0.3 is 5.32 Å². The highest BCUT2D eigenvalue weighted by Crippen LogP contribution is 2.25. The topological polar surface area (TPSA) is 53.6 Å². The lowest BCUT2D eigenvalue weighted by atomic mass is 10.1. The number of hydrogen-bond donors (Lipinski definition) is 1. The molecule has 5 heteroatoms. The number of imidazole rings is 1. The monoisotopic (exact) mass is 260 g/mol. The van der Waals surface area contributed by atoms with Gasteiger partial charge in [0.1, 0.15) is 6.07 Å². The third-order valence-electron chi connectivity index (χ3n) is 2.62. The van der Waals surface area contributed by atoms with Gasteiger partial charge in [0.25, 0.3) is 0 Å². The summed E-state index contributed by atoms with van der Waals surface area (Å²) in [7, 11) is 0. The zero-order valence-corrected chi connectivity index (χ0v) is 10.8. The molecule has 0 aliphatic heterocycles. The molecule has 0 fully saturated rings. The van der Waals surface area contributed by atoms with Crippen LogP contribution in [-0.4, -0.2) is 16.1 Å². The second-order valence-corrected chi connectivity index (χ2v) is 4.17. The van der Waals surface area contributed by atoms with Crippen molar-refractivity contribution in [3.05, 3.63) is 47.0 Å². The zero-order valence-electron chi connectivity index (χ0n) is 10.0. The van der Waals surface area contributed by atoms with Crippen LogP contribution in [0.4, 0.5) is 0 Å². The summed E-state index contributed by atoms with van der Waals surface area (Å²) in [4.78, 5) is 4.00. The Morgan fingerprint density at radius 3 is 3.06 bits per heavy atom. The molecule has 0 aliphatic carbocycles. The fourth-order valence-corrected chi connectivity index (χ4v) is 2.08. The normalized spacial score (nSPS) is 10.3. The van der Waals surface area contributed by atoms with Crippen LogP contribution in [0.2, 0.25) is 5.02 Å². The maximum atomic E-state index is 9.03. The molecule has 0 bridgehead atoms. The molecule has 92 valence electrons. The Labute approximate surface area is 111 Å². The van der Waals surface area contributed by atoms with Crippen molar-refractivity contribution in [2.45, 2.75) is 13.5 Å². The van der Waals surface area contributed by atoms with Crippen LogP contribution in [0.3, 0.4) is 0 Å². The molecule has 2 aromatic rings. The van der Waals surface area contributed by atoms with Crippen LogP contribution in [-0.2, 0) is 6.54 Å². The number of hydrogen-bond acceptors (Lipinski definition) is 3. The average molecular weight is 261 g/mol. The van der Waals surface area contributed by atoms with Crippen molar-refractivity contribution in [3.8, 4) is 11.8 Å². The lowest BCUT2D eigenvalue weighted by Gasteiger charge is -2.13.